The maximum Gasteiger partial charge on any atom is 0.326 e. The lowest BCUT2D eigenvalue weighted by Crippen LogP contribution is -2.62. The number of phenolic OH excluding ortho intramolecular Hbond substituents is 1. The topological polar surface area (TPSA) is 284 Å². The van der Waals surface area contributed by atoms with Gasteiger partial charge in [0, 0.05) is 44.7 Å². The Kier molecular flexibility index (Phi) is 21.8. The smallest absolute Gasteiger partial charge is 0.326 e. The minimum atomic E-state index is -1.26. The van der Waals surface area contributed by atoms with E-state index >= 15 is 0 Å². The van der Waals surface area contributed by atoms with Crippen LogP contribution in [-0.2, 0) is 57.6 Å². The van der Waals surface area contributed by atoms with Gasteiger partial charge in [-0.2, -0.15) is 0 Å². The predicted octanol–water partition coefficient (Wildman–Crippen LogP) is 1.58. The normalized spacial score (nSPS) is 16.4. The fourth-order valence-electron chi connectivity index (χ4n) is 8.33. The van der Waals surface area contributed by atoms with Crippen molar-refractivity contribution in [3.63, 3.8) is 0 Å². The van der Waals surface area contributed by atoms with Crippen molar-refractivity contribution in [3.05, 3.63) is 83.9 Å². The molecule has 3 aromatic rings. The largest absolute Gasteiger partial charge is 0.508 e. The summed E-state index contributed by atoms with van der Waals surface area (Å²) in [5.41, 5.74) is 1.77. The van der Waals surface area contributed by atoms with Crippen molar-refractivity contribution in [2.24, 2.45) is 11.8 Å². The van der Waals surface area contributed by atoms with E-state index in [1.807, 2.05) is 13.8 Å². The molecule has 0 spiro atoms. The van der Waals surface area contributed by atoms with E-state index in [2.05, 4.69) is 41.9 Å². The third kappa shape index (κ3) is 16.1. The van der Waals surface area contributed by atoms with Crippen molar-refractivity contribution in [1.82, 2.24) is 51.7 Å². The minimum absolute atomic E-state index is 0.0137. The zero-order valence-corrected chi connectivity index (χ0v) is 41.3. The Hall–Kier alpha value is -6.83. The number of nitrogens with zero attached hydrogens (tertiary/aromatic N) is 3. The third-order valence-corrected chi connectivity index (χ3v) is 12.7. The van der Waals surface area contributed by atoms with Crippen LogP contribution in [0.4, 0.5) is 0 Å². The van der Waals surface area contributed by atoms with Crippen molar-refractivity contribution in [3.8, 4) is 5.75 Å². The molecule has 9 N–H and O–H groups in total. The second kappa shape index (κ2) is 27.4. The van der Waals surface area contributed by atoms with E-state index < -0.39 is 95.5 Å². The first-order valence-corrected chi connectivity index (χ1v) is 24.1. The van der Waals surface area contributed by atoms with Crippen LogP contribution < -0.4 is 31.9 Å². The van der Waals surface area contributed by atoms with Crippen molar-refractivity contribution in [2.75, 3.05) is 27.2 Å². The number of benzene rings is 2. The third-order valence-electron chi connectivity index (χ3n) is 12.7. The summed E-state index contributed by atoms with van der Waals surface area (Å²) in [5, 5.41) is 36.7. The van der Waals surface area contributed by atoms with Crippen LogP contribution in [-0.4, -0.2) is 147 Å². The molecule has 382 valence electrons. The fraction of sp³-hybridized carbons (Fsp3) is 0.540. The Morgan fingerprint density at radius 3 is 2.07 bits per heavy atom. The highest BCUT2D eigenvalue weighted by Gasteiger charge is 2.41. The zero-order chi connectivity index (χ0) is 51.5. The van der Waals surface area contributed by atoms with E-state index in [1.54, 1.807) is 70.3 Å². The molecule has 0 bridgehead atoms. The molecule has 2 heterocycles. The number of unbranched alkanes of at least 4 members (excludes halogenated alkanes) is 1. The van der Waals surface area contributed by atoms with Crippen LogP contribution in [0.1, 0.15) is 90.0 Å². The van der Waals surface area contributed by atoms with Crippen LogP contribution >= 0.6 is 0 Å². The van der Waals surface area contributed by atoms with Gasteiger partial charge in [0.1, 0.15) is 48.0 Å². The summed E-state index contributed by atoms with van der Waals surface area (Å²) in [6.45, 7) is 9.17. The highest BCUT2D eigenvalue weighted by atomic mass is 16.4. The van der Waals surface area contributed by atoms with Gasteiger partial charge in [-0.1, -0.05) is 96.3 Å². The molecule has 20 heteroatoms. The van der Waals surface area contributed by atoms with Crippen LogP contribution in [0.3, 0.4) is 0 Å². The highest BCUT2D eigenvalue weighted by Crippen LogP contribution is 2.22. The monoisotopic (exact) mass is 973 g/mol. The molecule has 1 fully saturated rings. The lowest BCUT2D eigenvalue weighted by Gasteiger charge is -2.35. The van der Waals surface area contributed by atoms with E-state index in [-0.39, 0.29) is 50.4 Å². The number of carbonyl (C=O) groups is 8. The van der Waals surface area contributed by atoms with Crippen LogP contribution in [0.2, 0.25) is 0 Å². The number of carboxylic acid groups (broad SMARTS) is 1. The number of aliphatic carboxylic acids is 1. The maximum absolute atomic E-state index is 14.7. The number of aromatic amines is 1. The molecular formula is C50H72N10O10. The number of phenols is 1. The van der Waals surface area contributed by atoms with Gasteiger partial charge in [0.15, 0.2) is 0 Å². The fourth-order valence-corrected chi connectivity index (χ4v) is 8.33. The summed E-state index contributed by atoms with van der Waals surface area (Å²) < 4.78 is 0. The summed E-state index contributed by atoms with van der Waals surface area (Å²) >= 11 is 0. The van der Waals surface area contributed by atoms with Crippen molar-refractivity contribution in [1.29, 1.82) is 0 Å². The minimum Gasteiger partial charge on any atom is -0.508 e. The first-order chi connectivity index (χ1) is 33.4. The van der Waals surface area contributed by atoms with Gasteiger partial charge in [-0.3, -0.25) is 33.6 Å². The van der Waals surface area contributed by atoms with Gasteiger partial charge in [0.2, 0.25) is 41.4 Å². The van der Waals surface area contributed by atoms with Gasteiger partial charge in [0.25, 0.3) is 0 Å². The summed E-state index contributed by atoms with van der Waals surface area (Å²) in [7, 11) is 3.04. The lowest BCUT2D eigenvalue weighted by atomic mass is 9.95. The lowest BCUT2D eigenvalue weighted by molar-refractivity contribution is -0.145. The van der Waals surface area contributed by atoms with E-state index in [4.69, 9.17) is 0 Å². The number of likely N-dealkylation sites (N-methyl/N-ethyl adjacent to an activating group) is 2. The molecule has 0 aliphatic carbocycles. The van der Waals surface area contributed by atoms with Gasteiger partial charge in [-0.15, -0.1) is 0 Å². The molecule has 4 rings (SSSR count). The SMILES string of the molecule is CCCC[C@H](NC(=O)CNC)C(=O)N[C@H](C(=O)N(C)[C@@H](Cc1ccc(O)cc1)C(=O)N[C@H](C(=O)N[C@@H](Cc1cnc[nH]1)C(=O)N1CCC[C@H]1C(=O)N[C@@H](Cc1ccccc1)C(=O)O)[C@@H](C)CC)C(C)C. The number of aromatic hydroxyl groups is 1. The molecule has 0 saturated carbocycles. The number of imidazole rings is 1. The molecule has 20 nitrogen and oxygen atoms in total. The van der Waals surface area contributed by atoms with Gasteiger partial charge in [-0.25, -0.2) is 9.78 Å². The molecule has 1 saturated heterocycles. The molecule has 1 aromatic heterocycles. The molecule has 8 atom stereocenters. The molecule has 1 aliphatic rings. The molecule has 70 heavy (non-hydrogen) atoms. The van der Waals surface area contributed by atoms with Crippen LogP contribution in [0.15, 0.2) is 67.1 Å². The number of rotatable bonds is 27. The second-order valence-corrected chi connectivity index (χ2v) is 18.4. The highest BCUT2D eigenvalue weighted by molar-refractivity contribution is 5.98. The molecule has 0 unspecified atom stereocenters. The predicted molar refractivity (Wildman–Crippen MR) is 261 cm³/mol. The van der Waals surface area contributed by atoms with E-state index in [9.17, 15) is 48.6 Å². The van der Waals surface area contributed by atoms with Gasteiger partial charge in [-0.05, 0) is 61.4 Å². The zero-order valence-electron chi connectivity index (χ0n) is 41.3. The van der Waals surface area contributed by atoms with Crippen LogP contribution in [0.5, 0.6) is 5.75 Å². The Bertz CT molecular complexity index is 2210. The maximum atomic E-state index is 14.7. The summed E-state index contributed by atoms with van der Waals surface area (Å²) in [4.78, 5) is 120. The number of amides is 7. The van der Waals surface area contributed by atoms with Crippen molar-refractivity contribution >= 4 is 47.3 Å². The first-order valence-electron chi connectivity index (χ1n) is 24.1. The van der Waals surface area contributed by atoms with E-state index in [0.717, 1.165) is 6.42 Å². The summed E-state index contributed by atoms with van der Waals surface area (Å²) in [6, 6.07) is 6.83. The number of likely N-dealkylation sites (tertiary alicyclic amines) is 1. The molecule has 7 amide bonds. The van der Waals surface area contributed by atoms with Gasteiger partial charge >= 0.3 is 5.97 Å². The van der Waals surface area contributed by atoms with Crippen molar-refractivity contribution < 1.29 is 48.6 Å². The average Bonchev–Trinajstić information content (AvgIpc) is 4.06. The van der Waals surface area contributed by atoms with E-state index in [0.29, 0.717) is 42.5 Å². The van der Waals surface area contributed by atoms with Crippen LogP contribution in [0.25, 0.3) is 0 Å². The van der Waals surface area contributed by atoms with Gasteiger partial charge in [0.05, 0.1) is 12.9 Å². The standard InChI is InChI=1S/C50H72N10O10/c1-8-10-17-36(54-41(62)28-51-6)44(63)57-42(30(3)4)49(68)59(7)40(25-33-19-21-35(61)22-20-33)46(65)58-43(31(5)9-2)47(66)55-37(26-34-27-52-29-53-34)48(67)60-23-14-18-39(60)45(64)56-38(50(69)70)24-32-15-12-11-13-16-32/h11-13,15-16,19-22,27,29-31,36-40,42-43,51,61H,8-10,14,17-18,23-26,28H2,1-7H3,(H,52,53)(H,54,62)(H,55,66)(H,56,64)(H,57,63)(H,58,65)(H,69,70)/t31-,36-,37-,38-,39-,40-,42-,43-/m0/s1. The second-order valence-electron chi connectivity index (χ2n) is 18.4. The number of carboxylic acids is 1. The quantitative estimate of drug-likeness (QED) is 0.0527. The Morgan fingerprint density at radius 2 is 1.47 bits per heavy atom. The van der Waals surface area contributed by atoms with Crippen molar-refractivity contribution in [2.45, 2.75) is 135 Å². The van der Waals surface area contributed by atoms with E-state index in [1.165, 1.54) is 41.5 Å². The summed E-state index contributed by atoms with van der Waals surface area (Å²) in [6.07, 6.45) is 5.65. The number of aromatic nitrogens is 2. The number of hydrogen-bond donors (Lipinski definition) is 9. The molecule has 0 radical (unpaired) electrons. The number of carbonyl (C=O) groups excluding carboxylic acids is 7. The number of hydrogen-bond acceptors (Lipinski definition) is 11. The average molecular weight is 973 g/mol. The summed E-state index contributed by atoms with van der Waals surface area (Å²) in [5.74, 6) is -6.44. The van der Waals surface area contributed by atoms with Crippen LogP contribution in [0, 0.1) is 11.8 Å². The number of H-pyrrole nitrogens is 1. The number of nitrogens with one attached hydrogen (secondary N) is 7. The Labute approximate surface area is 409 Å². The molecular weight excluding hydrogens is 901 g/mol. The Morgan fingerprint density at radius 1 is 0.800 bits per heavy atom. The first kappa shape index (κ1) is 55.8. The van der Waals surface area contributed by atoms with Gasteiger partial charge < -0.3 is 56.9 Å². The molecule has 2 aromatic carbocycles. The molecule has 1 aliphatic heterocycles. The Balaban J connectivity index is 1.61.